The molecule has 0 aliphatic rings. The molecule has 2 aromatic heterocycles. The molecule has 0 radical (unpaired) electrons. The maximum absolute atomic E-state index is 5.65. The zero-order valence-corrected chi connectivity index (χ0v) is 12.3. The van der Waals surface area contributed by atoms with Crippen LogP contribution < -0.4 is 5.73 Å². The average Bonchev–Trinajstić information content (AvgIpc) is 3.04. The Kier molecular flexibility index (Phi) is 5.10. The van der Waals surface area contributed by atoms with Gasteiger partial charge in [-0.15, -0.1) is 0 Å². The van der Waals surface area contributed by atoms with Crippen molar-refractivity contribution in [2.75, 3.05) is 6.54 Å². The fourth-order valence-corrected chi connectivity index (χ4v) is 2.83. The van der Waals surface area contributed by atoms with Crippen molar-refractivity contribution in [2.45, 2.75) is 33.1 Å². The van der Waals surface area contributed by atoms with E-state index in [0.717, 1.165) is 37.3 Å². The lowest BCUT2D eigenvalue weighted by molar-refractivity contribution is 0.313. The van der Waals surface area contributed by atoms with E-state index < -0.39 is 0 Å². The van der Waals surface area contributed by atoms with E-state index in [4.69, 9.17) is 10.3 Å². The quantitative estimate of drug-likeness (QED) is 0.844. The highest BCUT2D eigenvalue weighted by atomic mass is 32.1. The van der Waals surface area contributed by atoms with Gasteiger partial charge in [0, 0.05) is 17.4 Å². The number of nitrogens with two attached hydrogens (primary N) is 1. The van der Waals surface area contributed by atoms with Gasteiger partial charge in [-0.3, -0.25) is 0 Å². The van der Waals surface area contributed by atoms with E-state index in [1.54, 1.807) is 11.3 Å². The lowest BCUT2D eigenvalue weighted by Crippen LogP contribution is -2.15. The third-order valence-electron chi connectivity index (χ3n) is 3.46. The molecular formula is C14H21N3OS. The minimum Gasteiger partial charge on any atom is -0.339 e. The molecule has 0 aromatic carbocycles. The topological polar surface area (TPSA) is 64.9 Å². The van der Waals surface area contributed by atoms with Crippen LogP contribution in [0.2, 0.25) is 0 Å². The summed E-state index contributed by atoms with van der Waals surface area (Å²) in [5, 5.41) is 8.07. The van der Waals surface area contributed by atoms with Crippen molar-refractivity contribution in [1.29, 1.82) is 0 Å². The first-order chi connectivity index (χ1) is 9.20. The summed E-state index contributed by atoms with van der Waals surface area (Å²) in [6.45, 7) is 5.22. The fourth-order valence-electron chi connectivity index (χ4n) is 2.20. The molecule has 2 aromatic rings. The SMILES string of the molecule is CC(C)C(CCN)CCc1nc(-c2ccsc2)no1. The molecule has 1 unspecified atom stereocenters. The maximum Gasteiger partial charge on any atom is 0.226 e. The van der Waals surface area contributed by atoms with Crippen LogP contribution in [0.1, 0.15) is 32.6 Å². The van der Waals surface area contributed by atoms with Gasteiger partial charge in [-0.05, 0) is 42.7 Å². The van der Waals surface area contributed by atoms with Crippen molar-refractivity contribution in [2.24, 2.45) is 17.6 Å². The summed E-state index contributed by atoms with van der Waals surface area (Å²) < 4.78 is 5.31. The van der Waals surface area contributed by atoms with Crippen LogP contribution in [0.25, 0.3) is 11.4 Å². The lowest BCUT2D eigenvalue weighted by Gasteiger charge is -2.18. The largest absolute Gasteiger partial charge is 0.339 e. The van der Waals surface area contributed by atoms with Crippen molar-refractivity contribution in [3.05, 3.63) is 22.7 Å². The minimum atomic E-state index is 0.626. The zero-order chi connectivity index (χ0) is 13.7. The standard InChI is InChI=1S/C14H21N3OS/c1-10(2)11(5-7-15)3-4-13-16-14(17-18-13)12-6-8-19-9-12/h6,8-11H,3-5,7,15H2,1-2H3. The van der Waals surface area contributed by atoms with E-state index in [9.17, 15) is 0 Å². The number of hydrogen-bond donors (Lipinski definition) is 1. The molecule has 0 spiro atoms. The first-order valence-electron chi connectivity index (χ1n) is 6.76. The first-order valence-corrected chi connectivity index (χ1v) is 7.70. The highest BCUT2D eigenvalue weighted by Crippen LogP contribution is 2.22. The van der Waals surface area contributed by atoms with Crippen LogP contribution in [0.5, 0.6) is 0 Å². The number of thiophene rings is 1. The highest BCUT2D eigenvalue weighted by molar-refractivity contribution is 7.08. The molecule has 1 atom stereocenters. The predicted octanol–water partition coefficient (Wildman–Crippen LogP) is 3.35. The maximum atomic E-state index is 5.65. The summed E-state index contributed by atoms with van der Waals surface area (Å²) in [5.74, 6) is 2.68. The van der Waals surface area contributed by atoms with Crippen molar-refractivity contribution >= 4 is 11.3 Å². The molecule has 0 aliphatic carbocycles. The Morgan fingerprint density at radius 3 is 2.84 bits per heavy atom. The molecule has 2 rings (SSSR count). The molecule has 0 fully saturated rings. The smallest absolute Gasteiger partial charge is 0.226 e. The Labute approximate surface area is 118 Å². The van der Waals surface area contributed by atoms with Gasteiger partial charge < -0.3 is 10.3 Å². The van der Waals surface area contributed by atoms with Crippen LogP contribution >= 0.6 is 11.3 Å². The second-order valence-corrected chi connectivity index (χ2v) is 5.92. The minimum absolute atomic E-state index is 0.626. The fraction of sp³-hybridized carbons (Fsp3) is 0.571. The van der Waals surface area contributed by atoms with Gasteiger partial charge in [-0.2, -0.15) is 16.3 Å². The second kappa shape index (κ2) is 6.82. The summed E-state index contributed by atoms with van der Waals surface area (Å²) in [6, 6.07) is 2.00. The monoisotopic (exact) mass is 279 g/mol. The third-order valence-corrected chi connectivity index (χ3v) is 4.14. The summed E-state index contributed by atoms with van der Waals surface area (Å²) in [7, 11) is 0. The Morgan fingerprint density at radius 1 is 1.37 bits per heavy atom. The summed E-state index contributed by atoms with van der Waals surface area (Å²) in [4.78, 5) is 4.44. The molecule has 19 heavy (non-hydrogen) atoms. The third kappa shape index (κ3) is 3.88. The van der Waals surface area contributed by atoms with E-state index in [1.165, 1.54) is 0 Å². The Balaban J connectivity index is 1.93. The lowest BCUT2D eigenvalue weighted by atomic mass is 9.88. The molecule has 0 amide bonds. The van der Waals surface area contributed by atoms with E-state index in [-0.39, 0.29) is 0 Å². The zero-order valence-electron chi connectivity index (χ0n) is 11.5. The molecule has 0 saturated heterocycles. The first kappa shape index (κ1) is 14.2. The van der Waals surface area contributed by atoms with Crippen molar-refractivity contribution in [3.63, 3.8) is 0 Å². The molecular weight excluding hydrogens is 258 g/mol. The molecule has 0 bridgehead atoms. The van der Waals surface area contributed by atoms with Gasteiger partial charge in [-0.25, -0.2) is 0 Å². The average molecular weight is 279 g/mol. The van der Waals surface area contributed by atoms with E-state index in [1.807, 2.05) is 16.8 Å². The number of aryl methyl sites for hydroxylation is 1. The van der Waals surface area contributed by atoms with Crippen LogP contribution in [-0.2, 0) is 6.42 Å². The van der Waals surface area contributed by atoms with Gasteiger partial charge in [0.15, 0.2) is 0 Å². The van der Waals surface area contributed by atoms with Gasteiger partial charge in [0.1, 0.15) is 0 Å². The van der Waals surface area contributed by atoms with Crippen LogP contribution in [0.4, 0.5) is 0 Å². The van der Waals surface area contributed by atoms with Gasteiger partial charge >= 0.3 is 0 Å². The van der Waals surface area contributed by atoms with Crippen molar-refractivity contribution in [1.82, 2.24) is 10.1 Å². The number of aromatic nitrogens is 2. The Bertz CT molecular complexity index is 479. The molecule has 2 heterocycles. The normalized spacial score (nSPS) is 13.1. The van der Waals surface area contributed by atoms with Gasteiger partial charge in [0.25, 0.3) is 0 Å². The molecule has 0 aliphatic heterocycles. The number of rotatable bonds is 7. The number of hydrogen-bond acceptors (Lipinski definition) is 5. The van der Waals surface area contributed by atoms with E-state index >= 15 is 0 Å². The van der Waals surface area contributed by atoms with Gasteiger partial charge in [-0.1, -0.05) is 19.0 Å². The van der Waals surface area contributed by atoms with Crippen LogP contribution in [-0.4, -0.2) is 16.7 Å². The van der Waals surface area contributed by atoms with Crippen LogP contribution in [0.3, 0.4) is 0 Å². The summed E-state index contributed by atoms with van der Waals surface area (Å²) >= 11 is 1.64. The van der Waals surface area contributed by atoms with Crippen LogP contribution in [0, 0.1) is 11.8 Å². The number of nitrogens with zero attached hydrogens (tertiary/aromatic N) is 2. The van der Waals surface area contributed by atoms with Gasteiger partial charge in [0.05, 0.1) is 0 Å². The van der Waals surface area contributed by atoms with Crippen molar-refractivity contribution in [3.8, 4) is 11.4 Å². The van der Waals surface area contributed by atoms with E-state index in [0.29, 0.717) is 17.7 Å². The van der Waals surface area contributed by atoms with Gasteiger partial charge in [0.2, 0.25) is 11.7 Å². The van der Waals surface area contributed by atoms with E-state index in [2.05, 4.69) is 24.0 Å². The molecule has 0 saturated carbocycles. The summed E-state index contributed by atoms with van der Waals surface area (Å²) in [5.41, 5.74) is 6.68. The van der Waals surface area contributed by atoms with Crippen molar-refractivity contribution < 1.29 is 4.52 Å². The van der Waals surface area contributed by atoms with Crippen LogP contribution in [0.15, 0.2) is 21.3 Å². The molecule has 5 heteroatoms. The second-order valence-electron chi connectivity index (χ2n) is 5.14. The predicted molar refractivity (Wildman–Crippen MR) is 77.9 cm³/mol. The Morgan fingerprint density at radius 2 is 2.21 bits per heavy atom. The summed E-state index contributed by atoms with van der Waals surface area (Å²) in [6.07, 6.45) is 2.95. The highest BCUT2D eigenvalue weighted by Gasteiger charge is 2.15. The molecule has 104 valence electrons. The Hall–Kier alpha value is -1.20. The molecule has 4 nitrogen and oxygen atoms in total. The molecule has 2 N–H and O–H groups in total.